The predicted octanol–water partition coefficient (Wildman–Crippen LogP) is 3.32. The highest BCUT2D eigenvalue weighted by Crippen LogP contribution is 2.23. The minimum Gasteiger partial charge on any atom is -0.339 e. The van der Waals surface area contributed by atoms with Gasteiger partial charge in [-0.1, -0.05) is 17.8 Å². The van der Waals surface area contributed by atoms with Gasteiger partial charge in [-0.15, -0.1) is 0 Å². The second kappa shape index (κ2) is 9.45. The molecule has 1 aliphatic rings. The number of amides is 1. The monoisotopic (exact) mass is 421 g/mol. The van der Waals surface area contributed by atoms with Gasteiger partial charge in [0.05, 0.1) is 5.75 Å². The van der Waals surface area contributed by atoms with Crippen molar-refractivity contribution >= 4 is 17.7 Å². The van der Waals surface area contributed by atoms with E-state index in [4.69, 9.17) is 0 Å². The second-order valence-corrected chi connectivity index (χ2v) is 8.67. The molecule has 0 bridgehead atoms. The number of hydrogen-bond donors (Lipinski definition) is 0. The number of aromatic nitrogens is 3. The van der Waals surface area contributed by atoms with Crippen molar-refractivity contribution in [1.29, 1.82) is 0 Å². The molecule has 0 radical (unpaired) electrons. The largest absolute Gasteiger partial charge is 0.339 e. The van der Waals surface area contributed by atoms with Crippen molar-refractivity contribution in [2.24, 2.45) is 0 Å². The fourth-order valence-corrected chi connectivity index (χ4v) is 4.68. The van der Waals surface area contributed by atoms with Gasteiger partial charge < -0.3 is 4.90 Å². The number of hydrogen-bond acceptors (Lipinski definition) is 5. The van der Waals surface area contributed by atoms with Crippen LogP contribution in [-0.4, -0.2) is 62.2 Å². The van der Waals surface area contributed by atoms with Gasteiger partial charge in [0, 0.05) is 63.2 Å². The highest BCUT2D eigenvalue weighted by molar-refractivity contribution is 7.99. The number of benzene rings is 1. The van der Waals surface area contributed by atoms with Crippen LogP contribution < -0.4 is 0 Å². The standard InChI is InChI=1S/C23H27N5OS/c1-18-13-19(2)15-21(14-18)28-8-7-25-23(28)30-17-22(29)27-11-9-26(10-12-27)16-20-3-5-24-6-4-20/h3-8,13-15H,9-12,16-17H2,1-2H3. The first-order valence-electron chi connectivity index (χ1n) is 10.2. The smallest absolute Gasteiger partial charge is 0.233 e. The Labute approximate surface area is 181 Å². The van der Waals surface area contributed by atoms with Crippen LogP contribution in [0.4, 0.5) is 0 Å². The van der Waals surface area contributed by atoms with E-state index in [1.807, 2.05) is 35.6 Å². The Balaban J connectivity index is 1.30. The van der Waals surface area contributed by atoms with Gasteiger partial charge in [-0.3, -0.25) is 19.2 Å². The Morgan fingerprint density at radius 1 is 1.00 bits per heavy atom. The maximum Gasteiger partial charge on any atom is 0.233 e. The van der Waals surface area contributed by atoms with E-state index >= 15 is 0 Å². The van der Waals surface area contributed by atoms with E-state index < -0.39 is 0 Å². The molecule has 0 saturated carbocycles. The van der Waals surface area contributed by atoms with E-state index in [0.717, 1.165) is 43.6 Å². The van der Waals surface area contributed by atoms with Crippen molar-refractivity contribution in [3.63, 3.8) is 0 Å². The van der Waals surface area contributed by atoms with Gasteiger partial charge in [-0.25, -0.2) is 4.98 Å². The molecule has 1 fully saturated rings. The molecule has 3 heterocycles. The molecule has 0 N–H and O–H groups in total. The van der Waals surface area contributed by atoms with Crippen LogP contribution in [0.3, 0.4) is 0 Å². The average molecular weight is 422 g/mol. The highest BCUT2D eigenvalue weighted by Gasteiger charge is 2.21. The molecule has 0 atom stereocenters. The second-order valence-electron chi connectivity index (χ2n) is 7.73. The highest BCUT2D eigenvalue weighted by atomic mass is 32.2. The predicted molar refractivity (Wildman–Crippen MR) is 120 cm³/mol. The number of aryl methyl sites for hydroxylation is 2. The van der Waals surface area contributed by atoms with Crippen molar-refractivity contribution in [2.75, 3.05) is 31.9 Å². The number of pyridine rings is 1. The zero-order valence-corrected chi connectivity index (χ0v) is 18.3. The third-order valence-corrected chi connectivity index (χ3v) is 6.25. The molecule has 0 aliphatic carbocycles. The Morgan fingerprint density at radius 2 is 1.70 bits per heavy atom. The molecule has 1 aromatic carbocycles. The normalized spacial score (nSPS) is 14.8. The first kappa shape index (κ1) is 20.6. The summed E-state index contributed by atoms with van der Waals surface area (Å²) in [5, 5.41) is 0.852. The summed E-state index contributed by atoms with van der Waals surface area (Å²) < 4.78 is 2.06. The summed E-state index contributed by atoms with van der Waals surface area (Å²) in [5.74, 6) is 0.588. The van der Waals surface area contributed by atoms with E-state index in [-0.39, 0.29) is 5.91 Å². The van der Waals surface area contributed by atoms with Crippen LogP contribution in [0.5, 0.6) is 0 Å². The van der Waals surface area contributed by atoms with Crippen LogP contribution >= 0.6 is 11.8 Å². The number of rotatable bonds is 6. The molecule has 6 nitrogen and oxygen atoms in total. The van der Waals surface area contributed by atoms with Crippen LogP contribution in [0, 0.1) is 13.8 Å². The zero-order valence-electron chi connectivity index (χ0n) is 17.5. The molecule has 0 spiro atoms. The van der Waals surface area contributed by atoms with Crippen LogP contribution in [-0.2, 0) is 11.3 Å². The Morgan fingerprint density at radius 3 is 2.40 bits per heavy atom. The summed E-state index contributed by atoms with van der Waals surface area (Å²) in [6.45, 7) is 8.45. The third-order valence-electron chi connectivity index (χ3n) is 5.30. The Hall–Kier alpha value is -2.64. The summed E-state index contributed by atoms with van der Waals surface area (Å²) in [7, 11) is 0. The quantitative estimate of drug-likeness (QED) is 0.572. The van der Waals surface area contributed by atoms with Crippen molar-refractivity contribution < 1.29 is 4.79 Å². The molecule has 1 aliphatic heterocycles. The fourth-order valence-electron chi connectivity index (χ4n) is 3.80. The van der Waals surface area contributed by atoms with Crippen LogP contribution in [0.15, 0.2) is 60.3 Å². The van der Waals surface area contributed by atoms with Gasteiger partial charge in [0.25, 0.3) is 0 Å². The van der Waals surface area contributed by atoms with E-state index in [1.54, 1.807) is 6.20 Å². The van der Waals surface area contributed by atoms with E-state index in [0.29, 0.717) is 5.75 Å². The molecule has 1 amide bonds. The first-order valence-corrected chi connectivity index (χ1v) is 11.2. The lowest BCUT2D eigenvalue weighted by molar-refractivity contribution is -0.130. The van der Waals surface area contributed by atoms with Gasteiger partial charge in [-0.05, 0) is 54.8 Å². The van der Waals surface area contributed by atoms with E-state index in [9.17, 15) is 4.79 Å². The lowest BCUT2D eigenvalue weighted by atomic mass is 10.1. The first-order chi connectivity index (χ1) is 14.6. The third kappa shape index (κ3) is 5.09. The van der Waals surface area contributed by atoms with Crippen LogP contribution in [0.25, 0.3) is 5.69 Å². The Bertz CT molecular complexity index is 976. The van der Waals surface area contributed by atoms with Crippen molar-refractivity contribution in [1.82, 2.24) is 24.3 Å². The lowest BCUT2D eigenvalue weighted by Crippen LogP contribution is -2.48. The summed E-state index contributed by atoms with van der Waals surface area (Å²) >= 11 is 1.51. The maximum absolute atomic E-state index is 12.8. The summed E-state index contributed by atoms with van der Waals surface area (Å²) in [4.78, 5) is 25.7. The molecule has 156 valence electrons. The topological polar surface area (TPSA) is 54.3 Å². The van der Waals surface area contributed by atoms with Gasteiger partial charge in [0.15, 0.2) is 5.16 Å². The van der Waals surface area contributed by atoms with Gasteiger partial charge in [0.2, 0.25) is 5.91 Å². The molecule has 3 aromatic rings. The molecule has 30 heavy (non-hydrogen) atoms. The van der Waals surface area contributed by atoms with Crippen molar-refractivity contribution in [2.45, 2.75) is 25.5 Å². The number of piperazine rings is 1. The van der Waals surface area contributed by atoms with Crippen molar-refractivity contribution in [3.8, 4) is 5.69 Å². The summed E-state index contributed by atoms with van der Waals surface area (Å²) in [5.41, 5.74) is 4.79. The molecular formula is C23H27N5OS. The molecule has 4 rings (SSSR count). The number of carbonyl (C=O) groups excluding carboxylic acids is 1. The van der Waals surface area contributed by atoms with Crippen LogP contribution in [0.2, 0.25) is 0 Å². The molecule has 1 saturated heterocycles. The SMILES string of the molecule is Cc1cc(C)cc(-n2ccnc2SCC(=O)N2CCN(Cc3ccncc3)CC2)c1. The fraction of sp³-hybridized carbons (Fsp3) is 0.348. The minimum absolute atomic E-state index is 0.179. The molecule has 7 heteroatoms. The van der Waals surface area contributed by atoms with E-state index in [2.05, 4.69) is 51.5 Å². The lowest BCUT2D eigenvalue weighted by Gasteiger charge is -2.34. The molecule has 2 aromatic heterocycles. The minimum atomic E-state index is 0.179. The van der Waals surface area contributed by atoms with Gasteiger partial charge in [0.1, 0.15) is 0 Å². The maximum atomic E-state index is 12.8. The van der Waals surface area contributed by atoms with E-state index in [1.165, 1.54) is 28.5 Å². The van der Waals surface area contributed by atoms with Gasteiger partial charge >= 0.3 is 0 Å². The average Bonchev–Trinajstić information content (AvgIpc) is 3.21. The summed E-state index contributed by atoms with van der Waals surface area (Å²) in [6, 6.07) is 10.5. The zero-order chi connectivity index (χ0) is 20.9. The Kier molecular flexibility index (Phi) is 6.50. The molecule has 0 unspecified atom stereocenters. The number of thioether (sulfide) groups is 1. The van der Waals surface area contributed by atoms with Crippen LogP contribution in [0.1, 0.15) is 16.7 Å². The number of imidazole rings is 1. The van der Waals surface area contributed by atoms with Gasteiger partial charge in [-0.2, -0.15) is 0 Å². The number of nitrogens with zero attached hydrogens (tertiary/aromatic N) is 5. The molecular weight excluding hydrogens is 394 g/mol. The summed E-state index contributed by atoms with van der Waals surface area (Å²) in [6.07, 6.45) is 7.41. The number of carbonyl (C=O) groups is 1. The van der Waals surface area contributed by atoms with Crippen molar-refractivity contribution in [3.05, 3.63) is 71.8 Å².